The fraction of sp³-hybridized carbons (Fsp3) is 0.261. The molecule has 0 radical (unpaired) electrons. The van der Waals surface area contributed by atoms with Crippen LogP contribution in [0, 0.1) is 0 Å². The average molecular weight is 424 g/mol. The Kier molecular flexibility index (Phi) is 5.59. The second-order valence-corrected chi connectivity index (χ2v) is 8.04. The van der Waals surface area contributed by atoms with E-state index < -0.39 is 11.6 Å². The van der Waals surface area contributed by atoms with Gasteiger partial charge in [0.25, 0.3) is 5.91 Å². The number of urea groups is 1. The molecule has 2 aliphatic heterocycles. The lowest BCUT2D eigenvalue weighted by Crippen LogP contribution is -2.55. The number of likely N-dealkylation sites (tertiary alicyclic amines) is 1. The van der Waals surface area contributed by atoms with Crippen molar-refractivity contribution in [2.45, 2.75) is 24.9 Å². The van der Waals surface area contributed by atoms with Gasteiger partial charge in [-0.05, 0) is 42.2 Å². The van der Waals surface area contributed by atoms with Gasteiger partial charge < -0.3 is 10.2 Å². The summed E-state index contributed by atoms with van der Waals surface area (Å²) in [4.78, 5) is 41.0. The van der Waals surface area contributed by atoms with Gasteiger partial charge in [-0.2, -0.15) is 0 Å². The summed E-state index contributed by atoms with van der Waals surface area (Å²) in [6.45, 7) is 1.03. The summed E-state index contributed by atoms with van der Waals surface area (Å²) in [5, 5.41) is 3.48. The Morgan fingerprint density at radius 2 is 1.70 bits per heavy atom. The highest BCUT2D eigenvalue weighted by Gasteiger charge is 2.52. The molecule has 2 saturated heterocycles. The summed E-state index contributed by atoms with van der Waals surface area (Å²) >= 11 is 5.90. The van der Waals surface area contributed by atoms with Crippen LogP contribution in [0.25, 0.3) is 6.08 Å². The van der Waals surface area contributed by atoms with Gasteiger partial charge in [0.1, 0.15) is 5.54 Å². The molecule has 2 aromatic rings. The molecule has 1 N–H and O–H groups in total. The first-order valence-corrected chi connectivity index (χ1v) is 10.3. The van der Waals surface area contributed by atoms with Gasteiger partial charge >= 0.3 is 6.03 Å². The predicted octanol–water partition coefficient (Wildman–Crippen LogP) is 3.47. The molecule has 154 valence electrons. The van der Waals surface area contributed by atoms with E-state index >= 15 is 0 Å². The van der Waals surface area contributed by atoms with Gasteiger partial charge in [-0.3, -0.25) is 14.5 Å². The Bertz CT molecular complexity index is 981. The molecular formula is C23H22ClN3O3. The van der Waals surface area contributed by atoms with E-state index in [1.54, 1.807) is 41.3 Å². The fourth-order valence-corrected chi connectivity index (χ4v) is 4.00. The smallest absolute Gasteiger partial charge is 0.325 e. The summed E-state index contributed by atoms with van der Waals surface area (Å²) in [6.07, 6.45) is 4.14. The zero-order valence-corrected chi connectivity index (χ0v) is 17.1. The van der Waals surface area contributed by atoms with E-state index in [0.29, 0.717) is 31.0 Å². The van der Waals surface area contributed by atoms with Gasteiger partial charge in [0, 0.05) is 24.2 Å². The molecule has 0 aliphatic carbocycles. The molecule has 2 heterocycles. The summed E-state index contributed by atoms with van der Waals surface area (Å²) in [5.74, 6) is -0.321. The Hall–Kier alpha value is -3.12. The maximum atomic E-state index is 13.1. The number of nitrogens with one attached hydrogen (secondary N) is 1. The van der Waals surface area contributed by atoms with Crippen LogP contribution in [0.15, 0.2) is 60.7 Å². The van der Waals surface area contributed by atoms with Crippen molar-refractivity contribution in [3.8, 4) is 0 Å². The third-order valence-corrected chi connectivity index (χ3v) is 5.90. The van der Waals surface area contributed by atoms with Crippen LogP contribution in [0.5, 0.6) is 0 Å². The number of amides is 4. The van der Waals surface area contributed by atoms with Crippen molar-refractivity contribution < 1.29 is 14.4 Å². The summed E-state index contributed by atoms with van der Waals surface area (Å²) in [5.41, 5.74) is 0.859. The molecule has 4 amide bonds. The lowest BCUT2D eigenvalue weighted by molar-refractivity contribution is -0.136. The van der Waals surface area contributed by atoms with Crippen LogP contribution in [0.2, 0.25) is 5.02 Å². The van der Waals surface area contributed by atoms with E-state index in [4.69, 9.17) is 11.6 Å². The van der Waals surface area contributed by atoms with Gasteiger partial charge in [0.05, 0.1) is 6.54 Å². The maximum Gasteiger partial charge on any atom is 0.325 e. The highest BCUT2D eigenvalue weighted by molar-refractivity contribution is 6.30. The van der Waals surface area contributed by atoms with Crippen molar-refractivity contribution in [2.24, 2.45) is 0 Å². The minimum atomic E-state index is -0.927. The third kappa shape index (κ3) is 4.09. The fourth-order valence-electron chi connectivity index (χ4n) is 3.88. The summed E-state index contributed by atoms with van der Waals surface area (Å²) in [6, 6.07) is 16.3. The van der Waals surface area contributed by atoms with E-state index in [9.17, 15) is 14.4 Å². The highest BCUT2D eigenvalue weighted by atomic mass is 35.5. The number of carbonyl (C=O) groups excluding carboxylic acids is 3. The molecule has 2 aliphatic rings. The molecule has 2 aromatic carbocycles. The average Bonchev–Trinajstić information content (AvgIpc) is 2.99. The number of hydrogen-bond donors (Lipinski definition) is 1. The molecule has 4 rings (SSSR count). The Balaban J connectivity index is 1.38. The number of imide groups is 1. The van der Waals surface area contributed by atoms with E-state index in [1.807, 2.05) is 30.3 Å². The standard InChI is InChI=1S/C23H22ClN3O3/c24-19-9-6-18(7-10-19)16-27-21(29)23(25-22(27)30)12-14-26(15-13-23)20(28)11-8-17-4-2-1-3-5-17/h1-11H,12-16H2,(H,25,30). The highest BCUT2D eigenvalue weighted by Crippen LogP contribution is 2.30. The molecule has 0 saturated carbocycles. The lowest BCUT2D eigenvalue weighted by Gasteiger charge is -2.36. The first-order valence-electron chi connectivity index (χ1n) is 9.87. The molecule has 2 fully saturated rings. The molecule has 0 unspecified atom stereocenters. The van der Waals surface area contributed by atoms with Crippen LogP contribution >= 0.6 is 11.6 Å². The number of benzene rings is 2. The number of hydrogen-bond acceptors (Lipinski definition) is 3. The maximum absolute atomic E-state index is 13.1. The van der Waals surface area contributed by atoms with Crippen LogP contribution in [0.3, 0.4) is 0 Å². The SMILES string of the molecule is O=C(C=Cc1ccccc1)N1CCC2(CC1)NC(=O)N(Cc1ccc(Cl)cc1)C2=O. The molecular weight excluding hydrogens is 402 g/mol. The van der Waals surface area contributed by atoms with Crippen molar-refractivity contribution in [3.63, 3.8) is 0 Å². The number of halogens is 1. The number of piperidine rings is 1. The van der Waals surface area contributed by atoms with Gasteiger partial charge in [0.15, 0.2) is 0 Å². The number of nitrogens with zero attached hydrogens (tertiary/aromatic N) is 2. The molecule has 30 heavy (non-hydrogen) atoms. The Morgan fingerprint density at radius 3 is 2.37 bits per heavy atom. The molecule has 7 heteroatoms. The normalized spacial score (nSPS) is 18.3. The van der Waals surface area contributed by atoms with Crippen molar-refractivity contribution >= 4 is 35.5 Å². The van der Waals surface area contributed by atoms with Gasteiger partial charge in [-0.1, -0.05) is 54.1 Å². The van der Waals surface area contributed by atoms with Crippen LogP contribution in [0.4, 0.5) is 4.79 Å². The Morgan fingerprint density at radius 1 is 1.03 bits per heavy atom. The van der Waals surface area contributed by atoms with Gasteiger partial charge in [0.2, 0.25) is 5.91 Å². The van der Waals surface area contributed by atoms with Crippen molar-refractivity contribution in [2.75, 3.05) is 13.1 Å². The third-order valence-electron chi connectivity index (χ3n) is 5.65. The molecule has 6 nitrogen and oxygen atoms in total. The first kappa shape index (κ1) is 20.2. The van der Waals surface area contributed by atoms with Crippen LogP contribution < -0.4 is 5.32 Å². The van der Waals surface area contributed by atoms with Crippen LogP contribution in [-0.2, 0) is 16.1 Å². The quantitative estimate of drug-likeness (QED) is 0.604. The largest absolute Gasteiger partial charge is 0.339 e. The number of rotatable bonds is 4. The summed E-state index contributed by atoms with van der Waals surface area (Å²) in [7, 11) is 0. The zero-order chi connectivity index (χ0) is 21.1. The lowest BCUT2D eigenvalue weighted by atomic mass is 9.87. The minimum absolute atomic E-state index is 0.0940. The zero-order valence-electron chi connectivity index (χ0n) is 16.4. The van der Waals surface area contributed by atoms with E-state index in [0.717, 1.165) is 11.1 Å². The second kappa shape index (κ2) is 8.32. The van der Waals surface area contributed by atoms with Crippen molar-refractivity contribution in [3.05, 3.63) is 76.8 Å². The van der Waals surface area contributed by atoms with E-state index in [-0.39, 0.29) is 18.4 Å². The second-order valence-electron chi connectivity index (χ2n) is 7.60. The molecule has 1 spiro atoms. The molecule has 0 atom stereocenters. The van der Waals surface area contributed by atoms with Crippen molar-refractivity contribution in [1.82, 2.24) is 15.1 Å². The Labute approximate surface area is 180 Å². The van der Waals surface area contributed by atoms with Crippen LogP contribution in [-0.4, -0.2) is 46.3 Å². The van der Waals surface area contributed by atoms with E-state index in [2.05, 4.69) is 5.32 Å². The number of carbonyl (C=O) groups is 3. The van der Waals surface area contributed by atoms with Crippen molar-refractivity contribution in [1.29, 1.82) is 0 Å². The van der Waals surface area contributed by atoms with Gasteiger partial charge in [-0.25, -0.2) is 4.79 Å². The monoisotopic (exact) mass is 423 g/mol. The topological polar surface area (TPSA) is 69.7 Å². The molecule has 0 aromatic heterocycles. The first-order chi connectivity index (χ1) is 14.5. The predicted molar refractivity (Wildman–Crippen MR) is 115 cm³/mol. The summed E-state index contributed by atoms with van der Waals surface area (Å²) < 4.78 is 0. The minimum Gasteiger partial charge on any atom is -0.339 e. The van der Waals surface area contributed by atoms with E-state index in [1.165, 1.54) is 4.90 Å². The van der Waals surface area contributed by atoms with Crippen LogP contribution in [0.1, 0.15) is 24.0 Å². The molecule has 0 bridgehead atoms. The van der Waals surface area contributed by atoms with Gasteiger partial charge in [-0.15, -0.1) is 0 Å².